The van der Waals surface area contributed by atoms with Crippen LogP contribution in [-0.4, -0.2) is 67.0 Å². The maximum Gasteiger partial charge on any atom is 0.162 e. The molecule has 1 fully saturated rings. The summed E-state index contributed by atoms with van der Waals surface area (Å²) in [4.78, 5) is 10.8. The average Bonchev–Trinajstić information content (AvgIpc) is 2.83. The number of hydrogen-bond acceptors (Lipinski definition) is 7. The van der Waals surface area contributed by atoms with Crippen molar-refractivity contribution in [2.45, 2.75) is 45.8 Å². The van der Waals surface area contributed by atoms with Crippen LogP contribution in [-0.2, 0) is 4.74 Å². The molecule has 2 heterocycles. The summed E-state index contributed by atoms with van der Waals surface area (Å²) in [7, 11) is 3.70. The quantitative estimate of drug-likeness (QED) is 0.347. The first-order chi connectivity index (χ1) is 17.2. The van der Waals surface area contributed by atoms with Crippen molar-refractivity contribution in [2.75, 3.05) is 45.7 Å². The van der Waals surface area contributed by atoms with Crippen LogP contribution in [0.5, 0.6) is 11.5 Å². The molecule has 0 aliphatic carbocycles. The van der Waals surface area contributed by atoms with E-state index in [1.165, 1.54) is 6.33 Å². The predicted octanol–water partition coefficient (Wildman–Crippen LogP) is 6.36. The van der Waals surface area contributed by atoms with Gasteiger partial charge in [-0.2, -0.15) is 0 Å². The number of likely N-dealkylation sites (N-methyl/N-ethyl adjacent to an activating group) is 1. The summed E-state index contributed by atoms with van der Waals surface area (Å²) in [6.07, 6.45) is 8.86. The first kappa shape index (κ1) is 31.7. The van der Waals surface area contributed by atoms with Crippen LogP contribution in [0.15, 0.2) is 65.6 Å². The molecular weight excluding hydrogens is 499 g/mol. The Labute approximate surface area is 226 Å². The summed E-state index contributed by atoms with van der Waals surface area (Å²) >= 11 is 12.2. The zero-order valence-electron chi connectivity index (χ0n) is 22.3. The molecule has 0 amide bonds. The molecular formula is C27H40Cl2N4O3. The highest BCUT2D eigenvalue weighted by Crippen LogP contribution is 2.26. The minimum Gasteiger partial charge on any atom is -0.493 e. The van der Waals surface area contributed by atoms with Crippen molar-refractivity contribution in [2.24, 2.45) is 0 Å². The van der Waals surface area contributed by atoms with Gasteiger partial charge in [0.1, 0.15) is 12.1 Å². The number of ether oxygens (including phenoxy) is 3. The molecule has 1 aromatic heterocycles. The summed E-state index contributed by atoms with van der Waals surface area (Å²) in [6.45, 7) is 14.5. The zero-order valence-corrected chi connectivity index (χ0v) is 23.8. The summed E-state index contributed by atoms with van der Waals surface area (Å²) in [6, 6.07) is 5.31. The van der Waals surface area contributed by atoms with Crippen molar-refractivity contribution in [3.05, 3.63) is 65.6 Å². The van der Waals surface area contributed by atoms with E-state index in [1.54, 1.807) is 49.7 Å². The largest absolute Gasteiger partial charge is 0.493 e. The number of morpholine rings is 1. The van der Waals surface area contributed by atoms with E-state index in [-0.39, 0.29) is 11.7 Å². The van der Waals surface area contributed by atoms with E-state index in [0.29, 0.717) is 40.5 Å². The third-order valence-corrected chi connectivity index (χ3v) is 5.62. The highest BCUT2D eigenvalue weighted by atomic mass is 35.5. The van der Waals surface area contributed by atoms with Crippen molar-refractivity contribution < 1.29 is 14.2 Å². The maximum absolute atomic E-state index is 6.19. The fourth-order valence-corrected chi connectivity index (χ4v) is 3.87. The second-order valence-corrected chi connectivity index (χ2v) is 9.19. The lowest BCUT2D eigenvalue weighted by molar-refractivity contribution is -0.134. The monoisotopic (exact) mass is 538 g/mol. The first-order valence-electron chi connectivity index (χ1n) is 12.0. The third-order valence-electron chi connectivity index (χ3n) is 4.84. The van der Waals surface area contributed by atoms with Gasteiger partial charge in [-0.05, 0) is 45.2 Å². The molecule has 0 bridgehead atoms. The Bertz CT molecular complexity index is 937. The average molecular weight is 540 g/mol. The van der Waals surface area contributed by atoms with Crippen molar-refractivity contribution >= 4 is 29.0 Å². The van der Waals surface area contributed by atoms with Crippen molar-refractivity contribution in [3.8, 4) is 11.5 Å². The van der Waals surface area contributed by atoms with Gasteiger partial charge < -0.3 is 24.4 Å². The van der Waals surface area contributed by atoms with Gasteiger partial charge in [0.25, 0.3) is 0 Å². The van der Waals surface area contributed by atoms with Gasteiger partial charge in [0.05, 0.1) is 35.5 Å². The summed E-state index contributed by atoms with van der Waals surface area (Å²) in [5, 5.41) is 3.99. The molecule has 36 heavy (non-hydrogen) atoms. The molecule has 1 N–H and O–H groups in total. The van der Waals surface area contributed by atoms with E-state index in [0.717, 1.165) is 19.5 Å². The number of aromatic nitrogens is 2. The summed E-state index contributed by atoms with van der Waals surface area (Å²) in [5.41, 5.74) is -0.169. The normalized spacial score (nSPS) is 17.7. The van der Waals surface area contributed by atoms with E-state index in [2.05, 4.69) is 47.7 Å². The topological polar surface area (TPSA) is 68.7 Å². The number of nitrogens with zero attached hydrogens (tertiary/aromatic N) is 3. The molecule has 0 saturated carbocycles. The fourth-order valence-electron chi connectivity index (χ4n) is 3.56. The standard InChI is InChI=1S/C25H34Cl2N4O3.C2H6/c1-6-7-20(26)21(27)10-14-29-24-9-8-22(32-5)23(11-13-28-18-30-24)33-15-12-19-16-31(4)17-25(2,3)34-19;1-2/h6-11,13,18-19H,1,12,14-17H2,2-5H3,(H,28,29,30);1-2H3/b20-7+,21-10+;. The SMILES string of the molecule is C=C/C=C(Cl)\C(Cl)=C/CNc1ccc(OC)c(OCCC2CN(C)CC(C)(C)O2)ccncn1.CC. The summed E-state index contributed by atoms with van der Waals surface area (Å²) in [5.74, 6) is 1.69. The Morgan fingerprint density at radius 3 is 2.67 bits per heavy atom. The number of anilines is 1. The zero-order chi connectivity index (χ0) is 27.0. The number of nitrogens with one attached hydrogen (secondary N) is 1. The molecule has 9 heteroatoms. The molecule has 1 aromatic rings. The lowest BCUT2D eigenvalue weighted by Gasteiger charge is -2.41. The molecule has 1 saturated heterocycles. The molecule has 1 atom stereocenters. The predicted molar refractivity (Wildman–Crippen MR) is 151 cm³/mol. The number of rotatable bonds is 10. The van der Waals surface area contributed by atoms with Crippen LogP contribution in [0.2, 0.25) is 0 Å². The molecule has 0 spiro atoms. The van der Waals surface area contributed by atoms with Crippen molar-refractivity contribution in [3.63, 3.8) is 0 Å². The van der Waals surface area contributed by atoms with Gasteiger partial charge in [-0.25, -0.2) is 9.97 Å². The minimum absolute atomic E-state index is 0.107. The molecule has 1 unspecified atom stereocenters. The van der Waals surface area contributed by atoms with E-state index in [1.807, 2.05) is 13.8 Å². The number of hydrogen-bond donors (Lipinski definition) is 1. The first-order valence-corrected chi connectivity index (χ1v) is 12.8. The van der Waals surface area contributed by atoms with E-state index < -0.39 is 0 Å². The molecule has 7 nitrogen and oxygen atoms in total. The number of allylic oxidation sites excluding steroid dienone is 4. The van der Waals surface area contributed by atoms with E-state index in [9.17, 15) is 0 Å². The van der Waals surface area contributed by atoms with Crippen LogP contribution >= 0.6 is 23.2 Å². The van der Waals surface area contributed by atoms with Gasteiger partial charge in [-0.1, -0.05) is 49.7 Å². The van der Waals surface area contributed by atoms with Gasteiger partial charge in [0.2, 0.25) is 0 Å². The highest BCUT2D eigenvalue weighted by molar-refractivity contribution is 6.44. The van der Waals surface area contributed by atoms with E-state index >= 15 is 0 Å². The van der Waals surface area contributed by atoms with Crippen LogP contribution in [0.1, 0.15) is 34.1 Å². The third kappa shape index (κ3) is 12.1. The highest BCUT2D eigenvalue weighted by Gasteiger charge is 2.31. The Hall–Kier alpha value is -2.32. The van der Waals surface area contributed by atoms with Crippen LogP contribution in [0, 0.1) is 0 Å². The van der Waals surface area contributed by atoms with Gasteiger partial charge in [-0.3, -0.25) is 0 Å². The summed E-state index contributed by atoms with van der Waals surface area (Å²) < 4.78 is 17.8. The van der Waals surface area contributed by atoms with Crippen LogP contribution in [0.25, 0.3) is 0 Å². The molecule has 0 aromatic carbocycles. The second-order valence-electron chi connectivity index (χ2n) is 8.38. The van der Waals surface area contributed by atoms with Crippen LogP contribution < -0.4 is 14.8 Å². The van der Waals surface area contributed by atoms with E-state index in [4.69, 9.17) is 37.4 Å². The van der Waals surface area contributed by atoms with Gasteiger partial charge in [-0.15, -0.1) is 0 Å². The Morgan fingerprint density at radius 2 is 2.00 bits per heavy atom. The van der Waals surface area contributed by atoms with Crippen LogP contribution in [0.4, 0.5) is 5.82 Å². The van der Waals surface area contributed by atoms with Gasteiger partial charge in [0, 0.05) is 38.3 Å². The van der Waals surface area contributed by atoms with Gasteiger partial charge in [0.15, 0.2) is 11.5 Å². The number of methoxy groups -OCH3 is 1. The van der Waals surface area contributed by atoms with Gasteiger partial charge >= 0.3 is 0 Å². The Balaban J connectivity index is 0.00000316. The van der Waals surface area contributed by atoms with Crippen LogP contribution in [0.3, 0.4) is 0 Å². The molecule has 200 valence electrons. The lowest BCUT2D eigenvalue weighted by Crippen LogP contribution is -2.51. The molecule has 0 radical (unpaired) electrons. The van der Waals surface area contributed by atoms with Crippen molar-refractivity contribution in [1.29, 1.82) is 0 Å². The van der Waals surface area contributed by atoms with Crippen molar-refractivity contribution in [1.82, 2.24) is 14.9 Å². The molecule has 1 aliphatic heterocycles. The Morgan fingerprint density at radius 1 is 1.25 bits per heavy atom. The smallest absolute Gasteiger partial charge is 0.162 e. The molecule has 2 rings (SSSR count). The minimum atomic E-state index is -0.169. The fraction of sp³-hybridized carbons (Fsp3) is 0.481. The maximum atomic E-state index is 6.19. The lowest BCUT2D eigenvalue weighted by atomic mass is 10.0. The Kier molecular flexibility index (Phi) is 15.1. The number of halogens is 2. The second kappa shape index (κ2) is 17.2. The molecule has 1 aliphatic rings.